The van der Waals surface area contributed by atoms with E-state index in [0.29, 0.717) is 13.2 Å². The van der Waals surface area contributed by atoms with E-state index in [4.69, 9.17) is 15.2 Å². The van der Waals surface area contributed by atoms with Crippen molar-refractivity contribution in [2.75, 3.05) is 20.3 Å². The van der Waals surface area contributed by atoms with Gasteiger partial charge in [0.05, 0.1) is 13.7 Å². The van der Waals surface area contributed by atoms with Crippen LogP contribution in [0.3, 0.4) is 0 Å². The van der Waals surface area contributed by atoms with Crippen molar-refractivity contribution in [3.05, 3.63) is 23.8 Å². The molecule has 15 heavy (non-hydrogen) atoms. The molecule has 0 fully saturated rings. The SMILES string of the molecule is COc1ccc2c(c1)C(C)(CCN)CO2. The van der Waals surface area contributed by atoms with Crippen LogP contribution in [0.25, 0.3) is 0 Å². The zero-order chi connectivity index (χ0) is 10.9. The Labute approximate surface area is 90.2 Å². The summed E-state index contributed by atoms with van der Waals surface area (Å²) < 4.78 is 10.9. The van der Waals surface area contributed by atoms with Crippen LogP contribution in [0.4, 0.5) is 0 Å². The molecule has 3 nitrogen and oxygen atoms in total. The summed E-state index contributed by atoms with van der Waals surface area (Å²) in [7, 11) is 1.68. The summed E-state index contributed by atoms with van der Waals surface area (Å²) in [6, 6.07) is 5.95. The minimum absolute atomic E-state index is 0.0403. The maximum absolute atomic E-state index is 5.66. The molecule has 2 rings (SSSR count). The van der Waals surface area contributed by atoms with E-state index >= 15 is 0 Å². The van der Waals surface area contributed by atoms with Gasteiger partial charge in [0.1, 0.15) is 11.5 Å². The van der Waals surface area contributed by atoms with Gasteiger partial charge in [0.25, 0.3) is 0 Å². The van der Waals surface area contributed by atoms with Crippen LogP contribution < -0.4 is 15.2 Å². The summed E-state index contributed by atoms with van der Waals surface area (Å²) in [6.07, 6.45) is 0.938. The van der Waals surface area contributed by atoms with Crippen molar-refractivity contribution in [3.63, 3.8) is 0 Å². The molecule has 0 saturated heterocycles. The molecular weight excluding hydrogens is 190 g/mol. The Kier molecular flexibility index (Phi) is 2.57. The smallest absolute Gasteiger partial charge is 0.123 e. The number of nitrogens with two attached hydrogens (primary N) is 1. The van der Waals surface area contributed by atoms with Crippen molar-refractivity contribution in [2.45, 2.75) is 18.8 Å². The fourth-order valence-electron chi connectivity index (χ4n) is 2.07. The summed E-state index contributed by atoms with van der Waals surface area (Å²) in [4.78, 5) is 0. The summed E-state index contributed by atoms with van der Waals surface area (Å²) >= 11 is 0. The summed E-state index contributed by atoms with van der Waals surface area (Å²) in [5.41, 5.74) is 6.89. The Hall–Kier alpha value is -1.22. The zero-order valence-corrected chi connectivity index (χ0v) is 9.25. The van der Waals surface area contributed by atoms with Crippen LogP contribution in [-0.4, -0.2) is 20.3 Å². The number of hydrogen-bond donors (Lipinski definition) is 1. The molecule has 0 spiro atoms. The van der Waals surface area contributed by atoms with Crippen molar-refractivity contribution >= 4 is 0 Å². The number of fused-ring (bicyclic) bond motifs is 1. The van der Waals surface area contributed by atoms with Crippen LogP contribution >= 0.6 is 0 Å². The third kappa shape index (κ3) is 1.67. The van der Waals surface area contributed by atoms with Gasteiger partial charge in [-0.3, -0.25) is 0 Å². The van der Waals surface area contributed by atoms with E-state index in [9.17, 15) is 0 Å². The topological polar surface area (TPSA) is 44.5 Å². The van der Waals surface area contributed by atoms with Gasteiger partial charge in [-0.1, -0.05) is 6.92 Å². The molecule has 1 aliphatic heterocycles. The van der Waals surface area contributed by atoms with Gasteiger partial charge in [0.2, 0.25) is 0 Å². The van der Waals surface area contributed by atoms with Gasteiger partial charge in [-0.25, -0.2) is 0 Å². The van der Waals surface area contributed by atoms with E-state index in [2.05, 4.69) is 13.0 Å². The largest absolute Gasteiger partial charge is 0.497 e. The third-order valence-electron chi connectivity index (χ3n) is 3.08. The zero-order valence-electron chi connectivity index (χ0n) is 9.25. The number of benzene rings is 1. The quantitative estimate of drug-likeness (QED) is 0.820. The van der Waals surface area contributed by atoms with Crippen molar-refractivity contribution in [2.24, 2.45) is 5.73 Å². The molecule has 82 valence electrons. The van der Waals surface area contributed by atoms with Crippen LogP contribution in [0, 0.1) is 0 Å². The highest BCUT2D eigenvalue weighted by molar-refractivity contribution is 5.47. The second-order valence-electron chi connectivity index (χ2n) is 4.25. The second kappa shape index (κ2) is 3.74. The molecule has 0 aromatic heterocycles. The minimum atomic E-state index is 0.0403. The fourth-order valence-corrected chi connectivity index (χ4v) is 2.07. The van der Waals surface area contributed by atoms with Crippen LogP contribution in [0.2, 0.25) is 0 Å². The molecule has 1 aliphatic rings. The Morgan fingerprint density at radius 3 is 3.00 bits per heavy atom. The highest BCUT2D eigenvalue weighted by atomic mass is 16.5. The lowest BCUT2D eigenvalue weighted by atomic mass is 9.81. The van der Waals surface area contributed by atoms with Crippen molar-refractivity contribution in [1.29, 1.82) is 0 Å². The first-order valence-corrected chi connectivity index (χ1v) is 5.21. The van der Waals surface area contributed by atoms with Crippen molar-refractivity contribution < 1.29 is 9.47 Å². The Bertz CT molecular complexity index is 361. The first kappa shape index (κ1) is 10.3. The Morgan fingerprint density at radius 1 is 1.53 bits per heavy atom. The molecule has 1 aromatic carbocycles. The summed E-state index contributed by atoms with van der Waals surface area (Å²) in [6.45, 7) is 3.58. The predicted octanol–water partition coefficient (Wildman–Crippen LogP) is 1.69. The van der Waals surface area contributed by atoms with Crippen LogP contribution in [-0.2, 0) is 5.41 Å². The van der Waals surface area contributed by atoms with Gasteiger partial charge < -0.3 is 15.2 Å². The lowest BCUT2D eigenvalue weighted by Crippen LogP contribution is -2.27. The first-order valence-electron chi connectivity index (χ1n) is 5.21. The highest BCUT2D eigenvalue weighted by Crippen LogP contribution is 2.42. The lowest BCUT2D eigenvalue weighted by Gasteiger charge is -2.21. The van der Waals surface area contributed by atoms with Gasteiger partial charge in [-0.2, -0.15) is 0 Å². The molecule has 0 saturated carbocycles. The molecular formula is C12H17NO2. The van der Waals surface area contributed by atoms with Crippen molar-refractivity contribution in [3.8, 4) is 11.5 Å². The standard InChI is InChI=1S/C12H17NO2/c1-12(5-6-13)8-15-11-4-3-9(14-2)7-10(11)12/h3-4,7H,5-6,8,13H2,1-2H3. The molecule has 3 heteroatoms. The molecule has 1 unspecified atom stereocenters. The van der Waals surface area contributed by atoms with E-state index in [1.165, 1.54) is 5.56 Å². The summed E-state index contributed by atoms with van der Waals surface area (Å²) in [5.74, 6) is 1.84. The van der Waals surface area contributed by atoms with Gasteiger partial charge in [0.15, 0.2) is 0 Å². The molecule has 1 atom stereocenters. The third-order valence-corrected chi connectivity index (χ3v) is 3.08. The van der Waals surface area contributed by atoms with E-state index in [-0.39, 0.29) is 5.41 Å². The molecule has 0 radical (unpaired) electrons. The molecule has 0 aliphatic carbocycles. The van der Waals surface area contributed by atoms with Crippen LogP contribution in [0.5, 0.6) is 11.5 Å². The molecule has 1 heterocycles. The van der Waals surface area contributed by atoms with Gasteiger partial charge in [-0.05, 0) is 31.2 Å². The average molecular weight is 207 g/mol. The van der Waals surface area contributed by atoms with E-state index in [0.717, 1.165) is 17.9 Å². The van der Waals surface area contributed by atoms with E-state index in [1.54, 1.807) is 7.11 Å². The van der Waals surface area contributed by atoms with Crippen LogP contribution in [0.15, 0.2) is 18.2 Å². The van der Waals surface area contributed by atoms with Crippen LogP contribution in [0.1, 0.15) is 18.9 Å². The van der Waals surface area contributed by atoms with E-state index in [1.807, 2.05) is 12.1 Å². The normalized spacial score (nSPS) is 23.4. The maximum atomic E-state index is 5.66. The summed E-state index contributed by atoms with van der Waals surface area (Å²) in [5, 5.41) is 0. The first-order chi connectivity index (χ1) is 7.19. The van der Waals surface area contributed by atoms with Gasteiger partial charge in [0, 0.05) is 11.0 Å². The van der Waals surface area contributed by atoms with Gasteiger partial charge in [-0.15, -0.1) is 0 Å². The lowest BCUT2D eigenvalue weighted by molar-refractivity contribution is 0.270. The number of hydrogen-bond acceptors (Lipinski definition) is 3. The minimum Gasteiger partial charge on any atom is -0.497 e. The molecule has 2 N–H and O–H groups in total. The highest BCUT2D eigenvalue weighted by Gasteiger charge is 2.35. The number of ether oxygens (including phenoxy) is 2. The van der Waals surface area contributed by atoms with E-state index < -0.39 is 0 Å². The molecule has 0 bridgehead atoms. The van der Waals surface area contributed by atoms with Gasteiger partial charge >= 0.3 is 0 Å². The monoisotopic (exact) mass is 207 g/mol. The van der Waals surface area contributed by atoms with Crippen molar-refractivity contribution in [1.82, 2.24) is 0 Å². The Balaban J connectivity index is 2.39. The number of rotatable bonds is 3. The molecule has 0 amide bonds. The molecule has 1 aromatic rings. The Morgan fingerprint density at radius 2 is 2.33 bits per heavy atom. The average Bonchev–Trinajstić information content (AvgIpc) is 2.57. The number of methoxy groups -OCH3 is 1. The fraction of sp³-hybridized carbons (Fsp3) is 0.500. The predicted molar refractivity (Wildman–Crippen MR) is 59.5 cm³/mol. The second-order valence-corrected chi connectivity index (χ2v) is 4.25. The maximum Gasteiger partial charge on any atom is 0.123 e.